The lowest BCUT2D eigenvalue weighted by atomic mass is 9.96. The van der Waals surface area contributed by atoms with Crippen LogP contribution >= 0.6 is 0 Å². The van der Waals surface area contributed by atoms with Gasteiger partial charge in [-0.05, 0) is 123 Å². The molecule has 7 rings (SSSR count). The van der Waals surface area contributed by atoms with Crippen molar-refractivity contribution in [1.29, 1.82) is 0 Å². The van der Waals surface area contributed by atoms with E-state index in [4.69, 9.17) is 0 Å². The molecule has 1 fully saturated rings. The monoisotopic (exact) mass is 725 g/mol. The van der Waals surface area contributed by atoms with Gasteiger partial charge in [-0.1, -0.05) is 66.7 Å². The molecule has 0 aliphatic carbocycles. The molecule has 6 aromatic rings. The molecule has 2 N–H and O–H groups in total. The Morgan fingerprint density at radius 3 is 2.02 bits per heavy atom. The smallest absolute Gasteiger partial charge is 0.255 e. The number of fused-ring (bicyclic) bond motifs is 1. The highest BCUT2D eigenvalue weighted by Crippen LogP contribution is 2.31. The van der Waals surface area contributed by atoms with Crippen LogP contribution in [0.25, 0.3) is 39.2 Å². The summed E-state index contributed by atoms with van der Waals surface area (Å²) < 4.78 is 31.2. The number of carbonyl (C=O) groups excluding carboxylic acids is 2. The number of likely N-dealkylation sites (tertiary alicyclic amines) is 1. The van der Waals surface area contributed by atoms with Crippen molar-refractivity contribution in [3.05, 3.63) is 144 Å². The number of carbonyl (C=O) groups is 2. The summed E-state index contributed by atoms with van der Waals surface area (Å²) in [6.07, 6.45) is 8.46. The van der Waals surface area contributed by atoms with Gasteiger partial charge in [-0.25, -0.2) is 13.8 Å². The molecule has 276 valence electrons. The summed E-state index contributed by atoms with van der Waals surface area (Å²) in [6.45, 7) is 3.06. The standard InChI is InChI=1S/C45H45F2N5O2/c1-51-27-22-35(23-28-51)44(53)49-24-4-6-32-12-16-34(17-13-32)39-30-36(18-20-41(39)47)42-21-19-38(43-48-26-29-52(42)43)45(54)50-25-5-7-31-10-14-33(15-11-31)37-8-2-3-9-40(37)46/h2-3,8-21,26,29-30,35H,4-7,22-25,27-28H2,1H3,(H,49,53)(H,50,54). The number of nitrogens with one attached hydrogen (secondary N) is 2. The molecule has 1 aliphatic heterocycles. The van der Waals surface area contributed by atoms with E-state index in [-0.39, 0.29) is 29.4 Å². The number of amides is 2. The molecule has 1 saturated heterocycles. The fourth-order valence-electron chi connectivity index (χ4n) is 7.24. The molecule has 4 aromatic carbocycles. The molecule has 2 aromatic heterocycles. The zero-order valence-corrected chi connectivity index (χ0v) is 30.5. The number of aryl methyl sites for hydroxylation is 2. The van der Waals surface area contributed by atoms with Crippen LogP contribution < -0.4 is 10.6 Å². The second-order valence-electron chi connectivity index (χ2n) is 14.2. The van der Waals surface area contributed by atoms with Gasteiger partial charge >= 0.3 is 0 Å². The van der Waals surface area contributed by atoms with Gasteiger partial charge in [-0.3, -0.25) is 14.0 Å². The van der Waals surface area contributed by atoms with Crippen molar-refractivity contribution >= 4 is 17.5 Å². The second-order valence-corrected chi connectivity index (χ2v) is 14.2. The number of nitrogens with zero attached hydrogens (tertiary/aromatic N) is 3. The third-order valence-corrected chi connectivity index (χ3v) is 10.4. The summed E-state index contributed by atoms with van der Waals surface area (Å²) >= 11 is 0. The minimum absolute atomic E-state index is 0.112. The van der Waals surface area contributed by atoms with Crippen LogP contribution in [0.15, 0.2) is 116 Å². The Hall–Kier alpha value is -5.67. The van der Waals surface area contributed by atoms with E-state index in [2.05, 4.69) is 27.6 Å². The minimum atomic E-state index is -0.318. The van der Waals surface area contributed by atoms with Crippen molar-refractivity contribution in [1.82, 2.24) is 24.9 Å². The van der Waals surface area contributed by atoms with Crippen molar-refractivity contribution in [2.75, 3.05) is 33.2 Å². The number of pyridine rings is 1. The largest absolute Gasteiger partial charge is 0.356 e. The van der Waals surface area contributed by atoms with Crippen LogP contribution in [0.2, 0.25) is 0 Å². The predicted octanol–water partition coefficient (Wildman–Crippen LogP) is 8.37. The molecule has 2 amide bonds. The summed E-state index contributed by atoms with van der Waals surface area (Å²) in [5.41, 5.74) is 7.47. The fraction of sp³-hybridized carbons (Fsp3) is 0.267. The molecule has 0 bridgehead atoms. The number of hydrogen-bond donors (Lipinski definition) is 2. The summed E-state index contributed by atoms with van der Waals surface area (Å²) in [4.78, 5) is 32.6. The van der Waals surface area contributed by atoms with E-state index < -0.39 is 0 Å². The van der Waals surface area contributed by atoms with Crippen LogP contribution in [0, 0.1) is 17.6 Å². The molecule has 7 nitrogen and oxygen atoms in total. The second kappa shape index (κ2) is 17.0. The number of rotatable bonds is 13. The molecule has 0 atom stereocenters. The van der Waals surface area contributed by atoms with Gasteiger partial charge < -0.3 is 15.5 Å². The Labute approximate surface area is 315 Å². The number of imidazole rings is 1. The lowest BCUT2D eigenvalue weighted by Gasteiger charge is -2.28. The maximum Gasteiger partial charge on any atom is 0.255 e. The Balaban J connectivity index is 0.943. The van der Waals surface area contributed by atoms with Gasteiger partial charge in [0.25, 0.3) is 5.91 Å². The average Bonchev–Trinajstić information content (AvgIpc) is 3.69. The summed E-state index contributed by atoms with van der Waals surface area (Å²) in [7, 11) is 2.09. The summed E-state index contributed by atoms with van der Waals surface area (Å²) in [6, 6.07) is 31.2. The van der Waals surface area contributed by atoms with E-state index in [1.165, 1.54) is 12.1 Å². The van der Waals surface area contributed by atoms with Crippen LogP contribution in [0.1, 0.15) is 47.2 Å². The highest BCUT2D eigenvalue weighted by molar-refractivity contribution is 6.00. The Kier molecular flexibility index (Phi) is 11.5. The Morgan fingerprint density at radius 1 is 0.722 bits per heavy atom. The summed E-state index contributed by atoms with van der Waals surface area (Å²) in [5.74, 6) is -0.504. The first-order valence-electron chi connectivity index (χ1n) is 18.8. The highest BCUT2D eigenvalue weighted by Gasteiger charge is 2.23. The van der Waals surface area contributed by atoms with Crippen molar-refractivity contribution in [3.63, 3.8) is 0 Å². The van der Waals surface area contributed by atoms with E-state index in [1.54, 1.807) is 36.7 Å². The van der Waals surface area contributed by atoms with Crippen molar-refractivity contribution in [2.24, 2.45) is 5.92 Å². The predicted molar refractivity (Wildman–Crippen MR) is 210 cm³/mol. The molecule has 3 heterocycles. The van der Waals surface area contributed by atoms with Crippen LogP contribution in [0.4, 0.5) is 8.78 Å². The number of aromatic nitrogens is 2. The van der Waals surface area contributed by atoms with Crippen LogP contribution in [0.3, 0.4) is 0 Å². The van der Waals surface area contributed by atoms with E-state index >= 15 is 4.39 Å². The zero-order chi connectivity index (χ0) is 37.4. The minimum Gasteiger partial charge on any atom is -0.356 e. The van der Waals surface area contributed by atoms with E-state index in [9.17, 15) is 14.0 Å². The quantitative estimate of drug-likeness (QED) is 0.117. The molecule has 9 heteroatoms. The maximum atomic E-state index is 15.2. The molecule has 0 saturated carbocycles. The van der Waals surface area contributed by atoms with Gasteiger partial charge in [0.1, 0.15) is 17.3 Å². The van der Waals surface area contributed by atoms with Gasteiger partial charge in [0.05, 0.1) is 11.3 Å². The first-order chi connectivity index (χ1) is 26.3. The molecular formula is C45H45F2N5O2. The Morgan fingerprint density at radius 2 is 1.33 bits per heavy atom. The molecular weight excluding hydrogens is 681 g/mol. The Bertz CT molecular complexity index is 2220. The topological polar surface area (TPSA) is 78.7 Å². The average molecular weight is 726 g/mol. The number of piperidine rings is 1. The van der Waals surface area contributed by atoms with Crippen molar-refractivity contribution in [2.45, 2.75) is 38.5 Å². The number of hydrogen-bond acceptors (Lipinski definition) is 4. The molecule has 0 unspecified atom stereocenters. The van der Waals surface area contributed by atoms with Gasteiger partial charge in [0.15, 0.2) is 0 Å². The first-order valence-corrected chi connectivity index (χ1v) is 18.8. The molecule has 0 radical (unpaired) electrons. The normalized spacial score (nSPS) is 13.6. The lowest BCUT2D eigenvalue weighted by molar-refractivity contribution is -0.126. The van der Waals surface area contributed by atoms with Crippen LogP contribution in [-0.2, 0) is 17.6 Å². The van der Waals surface area contributed by atoms with E-state index in [0.29, 0.717) is 35.4 Å². The molecule has 0 spiro atoms. The molecule has 54 heavy (non-hydrogen) atoms. The maximum absolute atomic E-state index is 15.2. The SMILES string of the molecule is CN1CCC(C(=O)NCCCc2ccc(-c3cc(-c4ccc(C(=O)NCCCc5ccc(-c6ccccc6F)cc5)c5nccn45)ccc3F)cc2)CC1. The highest BCUT2D eigenvalue weighted by atomic mass is 19.1. The first kappa shape index (κ1) is 36.7. The fourth-order valence-corrected chi connectivity index (χ4v) is 7.24. The molecule has 1 aliphatic rings. The van der Waals surface area contributed by atoms with Crippen LogP contribution in [-0.4, -0.2) is 59.3 Å². The van der Waals surface area contributed by atoms with E-state index in [1.807, 2.05) is 71.1 Å². The van der Waals surface area contributed by atoms with Gasteiger partial charge in [-0.2, -0.15) is 0 Å². The van der Waals surface area contributed by atoms with Crippen molar-refractivity contribution < 1.29 is 18.4 Å². The number of halogens is 2. The van der Waals surface area contributed by atoms with Crippen molar-refractivity contribution in [3.8, 4) is 33.5 Å². The summed E-state index contributed by atoms with van der Waals surface area (Å²) in [5, 5.41) is 6.13. The third-order valence-electron chi connectivity index (χ3n) is 10.4. The van der Waals surface area contributed by atoms with Gasteiger partial charge in [0, 0.05) is 42.5 Å². The van der Waals surface area contributed by atoms with Crippen LogP contribution in [0.5, 0.6) is 0 Å². The lowest BCUT2D eigenvalue weighted by Crippen LogP contribution is -2.39. The van der Waals surface area contributed by atoms with Gasteiger partial charge in [0.2, 0.25) is 5.91 Å². The van der Waals surface area contributed by atoms with Gasteiger partial charge in [-0.15, -0.1) is 0 Å². The number of benzene rings is 4. The zero-order valence-electron chi connectivity index (χ0n) is 30.5. The third kappa shape index (κ3) is 8.58. The van der Waals surface area contributed by atoms with E-state index in [0.717, 1.165) is 85.1 Å².